The largest absolute Gasteiger partial charge is 0.311 e. The maximum absolute atomic E-state index is 11.9. The van der Waals surface area contributed by atoms with Crippen LogP contribution >= 0.6 is 0 Å². The van der Waals surface area contributed by atoms with E-state index in [4.69, 9.17) is 0 Å². The van der Waals surface area contributed by atoms with Gasteiger partial charge in [-0.2, -0.15) is 9.78 Å². The molecule has 0 aliphatic rings. The maximum atomic E-state index is 11.9. The third-order valence-corrected chi connectivity index (χ3v) is 2.00. The molecule has 0 atom stereocenters. The van der Waals surface area contributed by atoms with E-state index in [1.807, 2.05) is 6.92 Å². The van der Waals surface area contributed by atoms with Gasteiger partial charge in [0.2, 0.25) is 5.82 Å². The summed E-state index contributed by atoms with van der Waals surface area (Å²) in [5.74, 6) is 0.281. The van der Waals surface area contributed by atoms with Crippen LogP contribution in [0, 0.1) is 0 Å². The van der Waals surface area contributed by atoms with Crippen molar-refractivity contribution in [2.24, 2.45) is 0 Å². The summed E-state index contributed by atoms with van der Waals surface area (Å²) in [7, 11) is 0. The van der Waals surface area contributed by atoms with Gasteiger partial charge in [0.25, 0.3) is 5.56 Å². The van der Waals surface area contributed by atoms with Gasteiger partial charge in [-0.1, -0.05) is 6.92 Å². The van der Waals surface area contributed by atoms with Crippen LogP contribution in [0.3, 0.4) is 0 Å². The summed E-state index contributed by atoms with van der Waals surface area (Å²) in [4.78, 5) is 19.6. The Bertz CT molecular complexity index is 487. The molecule has 0 unspecified atom stereocenters. The van der Waals surface area contributed by atoms with Gasteiger partial charge in [-0.15, -0.1) is 0 Å². The molecule has 0 amide bonds. The molecule has 0 spiro atoms. The Morgan fingerprint density at radius 3 is 3.00 bits per heavy atom. The van der Waals surface area contributed by atoms with E-state index in [1.54, 1.807) is 17.0 Å². The van der Waals surface area contributed by atoms with Crippen molar-refractivity contribution in [1.82, 2.24) is 24.3 Å². The monoisotopic (exact) mass is 205 g/mol. The molecular weight excluding hydrogens is 194 g/mol. The van der Waals surface area contributed by atoms with Crippen LogP contribution in [0.15, 0.2) is 29.8 Å². The first-order valence-electron chi connectivity index (χ1n) is 4.73. The molecule has 2 rings (SSSR count). The third-order valence-electron chi connectivity index (χ3n) is 2.00. The number of aromatic nitrogens is 5. The Morgan fingerprint density at radius 1 is 1.47 bits per heavy atom. The topological polar surface area (TPSA) is 65.6 Å². The Balaban J connectivity index is 2.50. The fourth-order valence-electron chi connectivity index (χ4n) is 1.33. The lowest BCUT2D eigenvalue weighted by Crippen LogP contribution is -2.25. The van der Waals surface area contributed by atoms with E-state index in [0.29, 0.717) is 6.54 Å². The van der Waals surface area contributed by atoms with Crippen LogP contribution in [0.5, 0.6) is 0 Å². The molecule has 0 saturated heterocycles. The molecule has 0 saturated carbocycles. The van der Waals surface area contributed by atoms with Crippen molar-refractivity contribution in [3.05, 3.63) is 35.4 Å². The zero-order chi connectivity index (χ0) is 10.7. The van der Waals surface area contributed by atoms with E-state index in [9.17, 15) is 4.79 Å². The Morgan fingerprint density at radius 2 is 2.33 bits per heavy atom. The molecule has 0 fully saturated rings. The SMILES string of the molecule is CCCn1ccnc(-n2cncn2)c1=O. The van der Waals surface area contributed by atoms with Crippen LogP contribution in [0.1, 0.15) is 13.3 Å². The molecule has 0 aromatic carbocycles. The highest BCUT2D eigenvalue weighted by atomic mass is 16.1. The van der Waals surface area contributed by atoms with E-state index < -0.39 is 0 Å². The lowest BCUT2D eigenvalue weighted by Gasteiger charge is -2.04. The molecular formula is C9H11N5O. The van der Waals surface area contributed by atoms with E-state index >= 15 is 0 Å². The average Bonchev–Trinajstić information content (AvgIpc) is 2.74. The molecule has 6 nitrogen and oxygen atoms in total. The number of rotatable bonds is 3. The van der Waals surface area contributed by atoms with E-state index in [1.165, 1.54) is 17.3 Å². The molecule has 0 aliphatic carbocycles. The van der Waals surface area contributed by atoms with E-state index in [0.717, 1.165) is 6.42 Å². The van der Waals surface area contributed by atoms with Gasteiger partial charge in [0, 0.05) is 18.9 Å². The van der Waals surface area contributed by atoms with Gasteiger partial charge in [0.05, 0.1) is 0 Å². The average molecular weight is 205 g/mol. The molecule has 2 aromatic rings. The summed E-state index contributed by atoms with van der Waals surface area (Å²) in [5, 5.41) is 3.88. The minimum atomic E-state index is -0.148. The van der Waals surface area contributed by atoms with Crippen LogP contribution < -0.4 is 5.56 Å². The van der Waals surface area contributed by atoms with Gasteiger partial charge >= 0.3 is 0 Å². The molecule has 2 heterocycles. The standard InChI is InChI=1S/C9H11N5O/c1-2-4-13-5-3-11-8(9(13)15)14-7-10-6-12-14/h3,5-7H,2,4H2,1H3. The van der Waals surface area contributed by atoms with Crippen molar-refractivity contribution in [3.8, 4) is 5.82 Å². The van der Waals surface area contributed by atoms with Crippen LogP contribution in [0.2, 0.25) is 0 Å². The first-order chi connectivity index (χ1) is 7.33. The molecule has 0 bridgehead atoms. The Labute approximate surface area is 86.2 Å². The Kier molecular flexibility index (Phi) is 2.57. The quantitative estimate of drug-likeness (QED) is 0.719. The second-order valence-electron chi connectivity index (χ2n) is 3.09. The van der Waals surface area contributed by atoms with Crippen molar-refractivity contribution >= 4 is 0 Å². The number of nitrogens with zero attached hydrogens (tertiary/aromatic N) is 5. The van der Waals surface area contributed by atoms with Crippen molar-refractivity contribution < 1.29 is 0 Å². The molecule has 0 radical (unpaired) electrons. The minimum Gasteiger partial charge on any atom is -0.311 e. The predicted octanol–water partition coefficient (Wildman–Crippen LogP) is 0.234. The highest BCUT2D eigenvalue weighted by molar-refractivity contribution is 5.14. The van der Waals surface area contributed by atoms with Crippen LogP contribution in [-0.4, -0.2) is 24.3 Å². The van der Waals surface area contributed by atoms with Gasteiger partial charge in [0.15, 0.2) is 0 Å². The molecule has 78 valence electrons. The zero-order valence-electron chi connectivity index (χ0n) is 8.37. The fourth-order valence-corrected chi connectivity index (χ4v) is 1.33. The highest BCUT2D eigenvalue weighted by Crippen LogP contribution is 1.93. The molecule has 15 heavy (non-hydrogen) atoms. The van der Waals surface area contributed by atoms with Crippen molar-refractivity contribution in [1.29, 1.82) is 0 Å². The van der Waals surface area contributed by atoms with Gasteiger partial charge in [-0.3, -0.25) is 4.79 Å². The van der Waals surface area contributed by atoms with Crippen LogP contribution in [0.4, 0.5) is 0 Å². The molecule has 6 heteroatoms. The van der Waals surface area contributed by atoms with Crippen LogP contribution in [0.25, 0.3) is 5.82 Å². The fraction of sp³-hybridized carbons (Fsp3) is 0.333. The first kappa shape index (κ1) is 9.57. The summed E-state index contributed by atoms with van der Waals surface area (Å²) < 4.78 is 2.98. The molecule has 0 aliphatic heterocycles. The summed E-state index contributed by atoms with van der Waals surface area (Å²) in [6.45, 7) is 2.70. The second kappa shape index (κ2) is 4.04. The van der Waals surface area contributed by atoms with Crippen molar-refractivity contribution in [3.63, 3.8) is 0 Å². The number of hydrogen-bond donors (Lipinski definition) is 0. The summed E-state index contributed by atoms with van der Waals surface area (Å²) >= 11 is 0. The smallest absolute Gasteiger partial charge is 0.295 e. The van der Waals surface area contributed by atoms with Gasteiger partial charge in [0.1, 0.15) is 12.7 Å². The number of hydrogen-bond acceptors (Lipinski definition) is 4. The lowest BCUT2D eigenvalue weighted by molar-refractivity contribution is 0.636. The highest BCUT2D eigenvalue weighted by Gasteiger charge is 2.06. The predicted molar refractivity (Wildman–Crippen MR) is 53.7 cm³/mol. The van der Waals surface area contributed by atoms with Gasteiger partial charge in [-0.25, -0.2) is 9.97 Å². The summed E-state index contributed by atoms with van der Waals surface area (Å²) in [6, 6.07) is 0. The number of aryl methyl sites for hydroxylation is 1. The first-order valence-corrected chi connectivity index (χ1v) is 4.73. The third kappa shape index (κ3) is 1.78. The minimum absolute atomic E-state index is 0.148. The van der Waals surface area contributed by atoms with E-state index in [2.05, 4.69) is 15.1 Å². The Hall–Kier alpha value is -1.98. The second-order valence-corrected chi connectivity index (χ2v) is 3.09. The lowest BCUT2D eigenvalue weighted by atomic mass is 10.4. The summed E-state index contributed by atoms with van der Waals surface area (Å²) in [5.41, 5.74) is -0.148. The summed E-state index contributed by atoms with van der Waals surface area (Å²) in [6.07, 6.45) is 7.00. The normalized spacial score (nSPS) is 10.5. The zero-order valence-corrected chi connectivity index (χ0v) is 8.37. The molecule has 0 N–H and O–H groups in total. The van der Waals surface area contributed by atoms with Gasteiger partial charge < -0.3 is 4.57 Å². The van der Waals surface area contributed by atoms with Crippen molar-refractivity contribution in [2.45, 2.75) is 19.9 Å². The maximum Gasteiger partial charge on any atom is 0.295 e. The van der Waals surface area contributed by atoms with Gasteiger partial charge in [-0.05, 0) is 6.42 Å². The van der Waals surface area contributed by atoms with Crippen LogP contribution in [-0.2, 0) is 6.54 Å². The van der Waals surface area contributed by atoms with E-state index in [-0.39, 0.29) is 11.4 Å². The van der Waals surface area contributed by atoms with Crippen molar-refractivity contribution in [2.75, 3.05) is 0 Å². The molecule has 2 aromatic heterocycles.